The van der Waals surface area contributed by atoms with E-state index in [1.807, 2.05) is 13.8 Å². The van der Waals surface area contributed by atoms with Crippen LogP contribution in [0.15, 0.2) is 30.7 Å². The predicted molar refractivity (Wildman–Crippen MR) is 104 cm³/mol. The van der Waals surface area contributed by atoms with Crippen molar-refractivity contribution in [2.45, 2.75) is 39.0 Å². The molecule has 160 valence electrons. The molecule has 1 N–H and O–H groups in total. The molecule has 0 atom stereocenters. The van der Waals surface area contributed by atoms with E-state index in [-0.39, 0.29) is 35.9 Å². The Morgan fingerprint density at radius 1 is 1.33 bits per heavy atom. The summed E-state index contributed by atoms with van der Waals surface area (Å²) < 4.78 is 45.0. The SMILES string of the molecule is CC(C)NC(=O)Cc1nccc2nn(CCOc3ncc(C(F)(F)F)cc3Cl)cc12. The number of pyridine rings is 2. The highest BCUT2D eigenvalue weighted by atomic mass is 35.5. The second-order valence-corrected chi connectivity index (χ2v) is 7.25. The molecule has 3 rings (SSSR count). The van der Waals surface area contributed by atoms with Gasteiger partial charge in [0.1, 0.15) is 11.6 Å². The lowest BCUT2D eigenvalue weighted by atomic mass is 10.2. The molecule has 3 heterocycles. The van der Waals surface area contributed by atoms with Crippen LogP contribution < -0.4 is 10.1 Å². The van der Waals surface area contributed by atoms with Crippen molar-refractivity contribution in [2.75, 3.05) is 6.61 Å². The first-order chi connectivity index (χ1) is 14.1. The first-order valence-electron chi connectivity index (χ1n) is 9.09. The number of aromatic nitrogens is 4. The first kappa shape index (κ1) is 21.8. The Labute approximate surface area is 175 Å². The van der Waals surface area contributed by atoms with Crippen molar-refractivity contribution in [3.8, 4) is 5.88 Å². The van der Waals surface area contributed by atoms with Crippen LogP contribution in [0.3, 0.4) is 0 Å². The third kappa shape index (κ3) is 5.38. The Kier molecular flexibility index (Phi) is 6.45. The zero-order chi connectivity index (χ0) is 21.9. The number of rotatable bonds is 7. The summed E-state index contributed by atoms with van der Waals surface area (Å²) in [7, 11) is 0. The van der Waals surface area contributed by atoms with Gasteiger partial charge in [-0.05, 0) is 26.0 Å². The molecule has 0 radical (unpaired) electrons. The summed E-state index contributed by atoms with van der Waals surface area (Å²) in [4.78, 5) is 19.9. The predicted octanol–water partition coefficient (Wildman–Crippen LogP) is 3.64. The van der Waals surface area contributed by atoms with Gasteiger partial charge in [-0.1, -0.05) is 11.6 Å². The fourth-order valence-corrected chi connectivity index (χ4v) is 2.97. The van der Waals surface area contributed by atoms with Crippen LogP contribution in [0.1, 0.15) is 25.1 Å². The van der Waals surface area contributed by atoms with Gasteiger partial charge in [0, 0.05) is 30.0 Å². The Balaban J connectivity index is 1.66. The average molecular weight is 442 g/mol. The monoisotopic (exact) mass is 441 g/mol. The fraction of sp³-hybridized carbons (Fsp3) is 0.368. The molecule has 3 aromatic rings. The molecule has 0 aromatic carbocycles. The highest BCUT2D eigenvalue weighted by Gasteiger charge is 2.31. The van der Waals surface area contributed by atoms with E-state index in [1.165, 1.54) is 0 Å². The third-order valence-electron chi connectivity index (χ3n) is 4.04. The topological polar surface area (TPSA) is 81.9 Å². The van der Waals surface area contributed by atoms with Crippen LogP contribution in [-0.4, -0.2) is 38.3 Å². The Morgan fingerprint density at radius 3 is 2.77 bits per heavy atom. The van der Waals surface area contributed by atoms with Crippen LogP contribution in [0, 0.1) is 0 Å². The van der Waals surface area contributed by atoms with Crippen LogP contribution in [0.2, 0.25) is 5.02 Å². The lowest BCUT2D eigenvalue weighted by molar-refractivity contribution is -0.137. The molecule has 1 amide bonds. The van der Waals surface area contributed by atoms with Crippen molar-refractivity contribution in [1.82, 2.24) is 25.1 Å². The third-order valence-corrected chi connectivity index (χ3v) is 4.31. The number of alkyl halides is 3. The number of halogens is 4. The number of hydrogen-bond acceptors (Lipinski definition) is 5. The van der Waals surface area contributed by atoms with Crippen molar-refractivity contribution < 1.29 is 22.7 Å². The maximum Gasteiger partial charge on any atom is 0.417 e. The summed E-state index contributed by atoms with van der Waals surface area (Å²) in [6.07, 6.45) is -0.403. The summed E-state index contributed by atoms with van der Waals surface area (Å²) in [6.45, 7) is 4.14. The lowest BCUT2D eigenvalue weighted by Crippen LogP contribution is -2.31. The van der Waals surface area contributed by atoms with E-state index in [1.54, 1.807) is 23.1 Å². The van der Waals surface area contributed by atoms with E-state index in [2.05, 4.69) is 20.4 Å². The Bertz CT molecular complexity index is 1050. The van der Waals surface area contributed by atoms with E-state index in [0.29, 0.717) is 24.0 Å². The zero-order valence-corrected chi connectivity index (χ0v) is 17.0. The van der Waals surface area contributed by atoms with Crippen molar-refractivity contribution in [1.29, 1.82) is 0 Å². The van der Waals surface area contributed by atoms with Crippen molar-refractivity contribution in [2.24, 2.45) is 0 Å². The second-order valence-electron chi connectivity index (χ2n) is 6.84. The molecule has 0 aliphatic carbocycles. The molecule has 7 nitrogen and oxygen atoms in total. The average Bonchev–Trinajstić information content (AvgIpc) is 3.05. The van der Waals surface area contributed by atoms with Crippen LogP contribution in [0.25, 0.3) is 10.9 Å². The van der Waals surface area contributed by atoms with Crippen molar-refractivity contribution in [3.63, 3.8) is 0 Å². The quantitative estimate of drug-likeness (QED) is 0.605. The zero-order valence-electron chi connectivity index (χ0n) is 16.2. The molecule has 0 saturated heterocycles. The largest absolute Gasteiger partial charge is 0.475 e. The van der Waals surface area contributed by atoms with Gasteiger partial charge < -0.3 is 10.1 Å². The molecule has 0 saturated carbocycles. The molecule has 0 unspecified atom stereocenters. The first-order valence-corrected chi connectivity index (χ1v) is 9.47. The molecule has 30 heavy (non-hydrogen) atoms. The number of hydrogen-bond donors (Lipinski definition) is 1. The van der Waals surface area contributed by atoms with Gasteiger partial charge in [0.05, 0.1) is 29.7 Å². The molecular formula is C19H19ClF3N5O2. The van der Waals surface area contributed by atoms with Gasteiger partial charge in [0.15, 0.2) is 0 Å². The van der Waals surface area contributed by atoms with Gasteiger partial charge in [-0.2, -0.15) is 18.3 Å². The Morgan fingerprint density at radius 2 is 2.10 bits per heavy atom. The van der Waals surface area contributed by atoms with E-state index < -0.39 is 11.7 Å². The maximum absolute atomic E-state index is 12.7. The van der Waals surface area contributed by atoms with Crippen LogP contribution in [-0.2, 0) is 23.9 Å². The molecular weight excluding hydrogens is 423 g/mol. The van der Waals surface area contributed by atoms with Gasteiger partial charge in [0.25, 0.3) is 0 Å². The number of ether oxygens (including phenoxy) is 1. The van der Waals surface area contributed by atoms with Gasteiger partial charge in [-0.3, -0.25) is 14.5 Å². The second kappa shape index (κ2) is 8.86. The highest BCUT2D eigenvalue weighted by molar-refractivity contribution is 6.31. The van der Waals surface area contributed by atoms with Gasteiger partial charge in [-0.15, -0.1) is 0 Å². The molecule has 0 bridgehead atoms. The van der Waals surface area contributed by atoms with E-state index >= 15 is 0 Å². The van der Waals surface area contributed by atoms with Gasteiger partial charge in [0.2, 0.25) is 11.8 Å². The molecule has 11 heteroatoms. The van der Waals surface area contributed by atoms with Gasteiger partial charge >= 0.3 is 6.18 Å². The van der Waals surface area contributed by atoms with Crippen molar-refractivity contribution in [3.05, 3.63) is 47.0 Å². The minimum Gasteiger partial charge on any atom is -0.475 e. The normalized spacial score (nSPS) is 11.8. The Hall–Kier alpha value is -2.88. The van der Waals surface area contributed by atoms with Crippen LogP contribution >= 0.6 is 11.6 Å². The van der Waals surface area contributed by atoms with Crippen LogP contribution in [0.4, 0.5) is 13.2 Å². The summed E-state index contributed by atoms with van der Waals surface area (Å²) >= 11 is 5.83. The number of amides is 1. The minimum absolute atomic E-state index is 0.0298. The summed E-state index contributed by atoms with van der Waals surface area (Å²) in [5.41, 5.74) is 0.327. The van der Waals surface area contributed by atoms with Crippen LogP contribution in [0.5, 0.6) is 5.88 Å². The standard InChI is InChI=1S/C19H19ClF3N5O2/c1-11(2)26-17(29)8-16-13-10-28(27-15(13)3-4-24-16)5-6-30-18-14(20)7-12(9-25-18)19(21,22)23/h3-4,7,9-11H,5-6,8H2,1-2H3,(H,26,29). The van der Waals surface area contributed by atoms with Crippen molar-refractivity contribution >= 4 is 28.4 Å². The molecule has 0 aliphatic rings. The molecule has 0 aliphatic heterocycles. The summed E-state index contributed by atoms with van der Waals surface area (Å²) in [5, 5.41) is 7.74. The lowest BCUT2D eigenvalue weighted by Gasteiger charge is -2.10. The van der Waals surface area contributed by atoms with Gasteiger partial charge in [-0.25, -0.2) is 4.98 Å². The number of nitrogens with one attached hydrogen (secondary N) is 1. The van der Waals surface area contributed by atoms with E-state index in [9.17, 15) is 18.0 Å². The molecule has 0 spiro atoms. The highest BCUT2D eigenvalue weighted by Crippen LogP contribution is 2.33. The van der Waals surface area contributed by atoms with E-state index in [0.717, 1.165) is 11.5 Å². The summed E-state index contributed by atoms with van der Waals surface area (Å²) in [6, 6.07) is 2.53. The smallest absolute Gasteiger partial charge is 0.417 e. The van der Waals surface area contributed by atoms with E-state index in [4.69, 9.17) is 16.3 Å². The maximum atomic E-state index is 12.7. The molecule has 3 aromatic heterocycles. The number of nitrogens with zero attached hydrogens (tertiary/aromatic N) is 4. The number of fused-ring (bicyclic) bond motifs is 1. The number of carbonyl (C=O) groups is 1. The summed E-state index contributed by atoms with van der Waals surface area (Å²) in [5.74, 6) is -0.224. The minimum atomic E-state index is -4.53. The molecule has 0 fully saturated rings. The fourth-order valence-electron chi connectivity index (χ4n) is 2.75. The number of carbonyl (C=O) groups excluding carboxylic acids is 1.